The second kappa shape index (κ2) is 11.8. The molecule has 31 heavy (non-hydrogen) atoms. The summed E-state index contributed by atoms with van der Waals surface area (Å²) in [6.45, 7) is 1.73. The van der Waals surface area contributed by atoms with E-state index in [0.717, 1.165) is 0 Å². The van der Waals surface area contributed by atoms with Gasteiger partial charge >= 0.3 is 11.8 Å². The first kappa shape index (κ1) is 24.0. The van der Waals surface area contributed by atoms with Crippen molar-refractivity contribution in [2.75, 3.05) is 25.6 Å². The summed E-state index contributed by atoms with van der Waals surface area (Å²) in [6, 6.07) is 9.68. The minimum absolute atomic E-state index is 0.234. The van der Waals surface area contributed by atoms with E-state index in [2.05, 4.69) is 21.2 Å². The highest BCUT2D eigenvalue weighted by molar-refractivity contribution is 6.44. The predicted molar refractivity (Wildman–Crippen MR) is 118 cm³/mol. The zero-order valence-electron chi connectivity index (χ0n) is 16.7. The molecule has 0 aliphatic carbocycles. The number of likely N-dealkylation sites (N-methyl/N-ethyl adjacent to an activating group) is 1. The highest BCUT2D eigenvalue weighted by Gasteiger charge is 2.12. The van der Waals surface area contributed by atoms with E-state index < -0.39 is 17.7 Å². The Hall–Kier alpha value is -3.30. The number of carbonyl (C=O) groups excluding carboxylic acids is 3. The monoisotopic (exact) mass is 466 g/mol. The van der Waals surface area contributed by atoms with Crippen LogP contribution in [0.5, 0.6) is 11.5 Å². The molecule has 0 spiro atoms. The molecule has 0 heterocycles. The molecule has 0 aliphatic heterocycles. The van der Waals surface area contributed by atoms with E-state index >= 15 is 0 Å². The quantitative estimate of drug-likeness (QED) is 0.314. The molecule has 3 amide bonds. The first-order chi connectivity index (χ1) is 14.8. The third-order valence-electron chi connectivity index (χ3n) is 3.70. The van der Waals surface area contributed by atoms with Gasteiger partial charge in [-0.25, -0.2) is 5.43 Å². The molecule has 0 fully saturated rings. The molecule has 0 saturated carbocycles. The van der Waals surface area contributed by atoms with Crippen LogP contribution in [0.1, 0.15) is 12.5 Å². The van der Waals surface area contributed by atoms with Gasteiger partial charge in [-0.1, -0.05) is 29.3 Å². The van der Waals surface area contributed by atoms with Crippen LogP contribution in [0.2, 0.25) is 10.0 Å². The van der Waals surface area contributed by atoms with Crippen LogP contribution in [0.25, 0.3) is 0 Å². The van der Waals surface area contributed by atoms with Crippen LogP contribution in [0.3, 0.4) is 0 Å². The van der Waals surface area contributed by atoms with Gasteiger partial charge in [-0.05, 0) is 42.8 Å². The number of rotatable bonds is 8. The number of benzene rings is 2. The SMILES string of the molecule is CCNC(=O)C(=O)N/N=C\c1ccc(OCC(=O)Nc2cccc(Cl)c2Cl)c(OC)c1. The highest BCUT2D eigenvalue weighted by atomic mass is 35.5. The molecule has 11 heteroatoms. The van der Waals surface area contributed by atoms with Gasteiger partial charge in [0.25, 0.3) is 5.91 Å². The summed E-state index contributed by atoms with van der Waals surface area (Å²) in [5.41, 5.74) is 3.05. The number of hydrogen-bond donors (Lipinski definition) is 3. The van der Waals surface area contributed by atoms with Crippen LogP contribution in [0, 0.1) is 0 Å². The van der Waals surface area contributed by atoms with Crippen molar-refractivity contribution in [2.24, 2.45) is 5.10 Å². The molecule has 2 aromatic rings. The molecule has 0 aromatic heterocycles. The van der Waals surface area contributed by atoms with Crippen LogP contribution < -0.4 is 25.5 Å². The smallest absolute Gasteiger partial charge is 0.329 e. The lowest BCUT2D eigenvalue weighted by atomic mass is 10.2. The Kier molecular flexibility index (Phi) is 9.11. The molecule has 9 nitrogen and oxygen atoms in total. The molecule has 0 radical (unpaired) electrons. The maximum Gasteiger partial charge on any atom is 0.329 e. The molecular weight excluding hydrogens is 447 g/mol. The van der Waals surface area contributed by atoms with E-state index in [1.807, 2.05) is 0 Å². The summed E-state index contributed by atoms with van der Waals surface area (Å²) in [5, 5.41) is 9.24. The van der Waals surface area contributed by atoms with Crippen LogP contribution in [0.15, 0.2) is 41.5 Å². The van der Waals surface area contributed by atoms with Gasteiger partial charge in [0.05, 0.1) is 29.1 Å². The summed E-state index contributed by atoms with van der Waals surface area (Å²) in [5.74, 6) is -1.44. The molecule has 0 unspecified atom stereocenters. The molecule has 0 saturated heterocycles. The highest BCUT2D eigenvalue weighted by Crippen LogP contribution is 2.30. The van der Waals surface area contributed by atoms with Crippen molar-refractivity contribution in [2.45, 2.75) is 6.92 Å². The van der Waals surface area contributed by atoms with Crippen LogP contribution in [-0.4, -0.2) is 44.2 Å². The molecule has 164 valence electrons. The fourth-order valence-electron chi connectivity index (χ4n) is 2.27. The van der Waals surface area contributed by atoms with E-state index in [0.29, 0.717) is 34.3 Å². The van der Waals surface area contributed by atoms with Crippen molar-refractivity contribution in [1.29, 1.82) is 0 Å². The van der Waals surface area contributed by atoms with Gasteiger partial charge in [-0.15, -0.1) is 0 Å². The maximum absolute atomic E-state index is 12.1. The standard InChI is InChI=1S/C20H20Cl2N4O5/c1-3-23-19(28)20(29)26-24-10-12-7-8-15(16(9-12)30-2)31-11-17(27)25-14-6-4-5-13(21)18(14)22/h4-10H,3,11H2,1-2H3,(H,23,28)(H,25,27)(H,26,29)/b24-10-. The third-order valence-corrected chi connectivity index (χ3v) is 4.51. The van der Waals surface area contributed by atoms with E-state index in [4.69, 9.17) is 32.7 Å². The molecule has 2 aromatic carbocycles. The second-order valence-corrected chi connectivity index (χ2v) is 6.69. The van der Waals surface area contributed by atoms with Crippen molar-refractivity contribution in [3.63, 3.8) is 0 Å². The van der Waals surface area contributed by atoms with Gasteiger partial charge in [0.2, 0.25) is 0 Å². The molecule has 2 rings (SSSR count). The predicted octanol–water partition coefficient (Wildman–Crippen LogP) is 2.61. The van der Waals surface area contributed by atoms with Crippen LogP contribution in [0.4, 0.5) is 5.69 Å². The van der Waals surface area contributed by atoms with Crippen molar-refractivity contribution >= 4 is 52.8 Å². The first-order valence-electron chi connectivity index (χ1n) is 9.01. The zero-order chi connectivity index (χ0) is 22.8. The second-order valence-electron chi connectivity index (χ2n) is 5.91. The van der Waals surface area contributed by atoms with Gasteiger partial charge in [-0.3, -0.25) is 14.4 Å². The van der Waals surface area contributed by atoms with E-state index in [-0.39, 0.29) is 11.6 Å². The van der Waals surface area contributed by atoms with Crippen molar-refractivity contribution in [3.05, 3.63) is 52.0 Å². The van der Waals surface area contributed by atoms with Crippen molar-refractivity contribution in [1.82, 2.24) is 10.7 Å². The number of hydrazone groups is 1. The summed E-state index contributed by atoms with van der Waals surface area (Å²) in [7, 11) is 1.44. The topological polar surface area (TPSA) is 118 Å². The molecular formula is C20H20Cl2N4O5. The number of nitrogens with one attached hydrogen (secondary N) is 3. The van der Waals surface area contributed by atoms with Crippen molar-refractivity contribution in [3.8, 4) is 11.5 Å². The maximum atomic E-state index is 12.1. The van der Waals surface area contributed by atoms with E-state index in [1.54, 1.807) is 43.3 Å². The number of halogens is 2. The summed E-state index contributed by atoms with van der Waals surface area (Å²) in [6.07, 6.45) is 1.33. The lowest BCUT2D eigenvalue weighted by Crippen LogP contribution is -2.37. The van der Waals surface area contributed by atoms with Gasteiger partial charge < -0.3 is 20.1 Å². The minimum Gasteiger partial charge on any atom is -0.493 e. The van der Waals surface area contributed by atoms with Gasteiger partial charge in [0.15, 0.2) is 18.1 Å². The largest absolute Gasteiger partial charge is 0.493 e. The number of carbonyl (C=O) groups is 3. The normalized spacial score (nSPS) is 10.5. The molecule has 0 atom stereocenters. The Morgan fingerprint density at radius 1 is 1.10 bits per heavy atom. The minimum atomic E-state index is -0.879. The fourth-order valence-corrected chi connectivity index (χ4v) is 2.62. The van der Waals surface area contributed by atoms with Crippen LogP contribution >= 0.6 is 23.2 Å². The number of amides is 3. The average molecular weight is 467 g/mol. The number of methoxy groups -OCH3 is 1. The number of anilines is 1. The number of hydrogen-bond acceptors (Lipinski definition) is 6. The Morgan fingerprint density at radius 2 is 1.87 bits per heavy atom. The zero-order valence-corrected chi connectivity index (χ0v) is 18.2. The summed E-state index contributed by atoms with van der Waals surface area (Å²) in [4.78, 5) is 35.0. The Balaban J connectivity index is 1.96. The number of ether oxygens (including phenoxy) is 2. The Labute approximate surface area is 188 Å². The lowest BCUT2D eigenvalue weighted by molar-refractivity contribution is -0.139. The number of nitrogens with zero attached hydrogens (tertiary/aromatic N) is 1. The average Bonchev–Trinajstić information content (AvgIpc) is 2.75. The summed E-state index contributed by atoms with van der Waals surface area (Å²) < 4.78 is 10.8. The third kappa shape index (κ3) is 7.16. The Bertz CT molecular complexity index is 998. The molecule has 3 N–H and O–H groups in total. The van der Waals surface area contributed by atoms with Crippen LogP contribution in [-0.2, 0) is 14.4 Å². The van der Waals surface area contributed by atoms with Crippen molar-refractivity contribution < 1.29 is 23.9 Å². The summed E-state index contributed by atoms with van der Waals surface area (Å²) >= 11 is 12.0. The molecule has 0 bridgehead atoms. The lowest BCUT2D eigenvalue weighted by Gasteiger charge is -2.12. The van der Waals surface area contributed by atoms with E-state index in [9.17, 15) is 14.4 Å². The van der Waals surface area contributed by atoms with Gasteiger partial charge in [-0.2, -0.15) is 5.10 Å². The van der Waals surface area contributed by atoms with Gasteiger partial charge in [0.1, 0.15) is 0 Å². The Morgan fingerprint density at radius 3 is 2.58 bits per heavy atom. The first-order valence-corrected chi connectivity index (χ1v) is 9.77. The molecule has 0 aliphatic rings. The van der Waals surface area contributed by atoms with Gasteiger partial charge in [0, 0.05) is 6.54 Å². The van der Waals surface area contributed by atoms with E-state index in [1.165, 1.54) is 13.3 Å². The fraction of sp³-hybridized carbons (Fsp3) is 0.200.